The van der Waals surface area contributed by atoms with Crippen molar-refractivity contribution in [2.75, 3.05) is 31.5 Å². The van der Waals surface area contributed by atoms with Crippen LogP contribution in [-0.2, 0) is 0 Å². The Hall–Kier alpha value is -1.98. The van der Waals surface area contributed by atoms with Crippen molar-refractivity contribution >= 4 is 27.4 Å². The van der Waals surface area contributed by atoms with Crippen molar-refractivity contribution in [2.24, 2.45) is 0 Å². The van der Waals surface area contributed by atoms with Crippen LogP contribution in [0.15, 0.2) is 36.0 Å². The molecule has 0 bridgehead atoms. The van der Waals surface area contributed by atoms with Gasteiger partial charge in [0.15, 0.2) is 0 Å². The first-order valence-electron chi connectivity index (χ1n) is 9.92. The largest absolute Gasteiger partial charge is 0.369 e. The van der Waals surface area contributed by atoms with E-state index in [9.17, 15) is 0 Å². The molecule has 0 unspecified atom stereocenters. The maximum Gasteiger partial charge on any atom is 0.138 e. The molecule has 1 aromatic carbocycles. The highest BCUT2D eigenvalue weighted by molar-refractivity contribution is 7.17. The Labute approximate surface area is 166 Å². The molecular formula is C22H30N4S. The zero-order chi connectivity index (χ0) is 19.2. The zero-order valence-electron chi connectivity index (χ0n) is 16.8. The second-order valence-electron chi connectivity index (χ2n) is 7.14. The molecule has 0 amide bonds. The molecule has 3 rings (SSSR count). The molecule has 0 radical (unpaired) electrons. The van der Waals surface area contributed by atoms with Crippen molar-refractivity contribution in [3.8, 4) is 11.1 Å². The molecule has 0 saturated carbocycles. The lowest BCUT2D eigenvalue weighted by Gasteiger charge is -2.18. The predicted octanol–water partition coefficient (Wildman–Crippen LogP) is 5.63. The van der Waals surface area contributed by atoms with Gasteiger partial charge in [-0.3, -0.25) is 0 Å². The normalized spacial score (nSPS) is 11.6. The zero-order valence-corrected chi connectivity index (χ0v) is 17.6. The average molecular weight is 383 g/mol. The molecule has 1 N–H and O–H groups in total. The third-order valence-corrected chi connectivity index (χ3v) is 5.98. The smallest absolute Gasteiger partial charge is 0.138 e. The van der Waals surface area contributed by atoms with Crippen LogP contribution in [0.3, 0.4) is 0 Å². The van der Waals surface area contributed by atoms with Gasteiger partial charge in [-0.05, 0) is 43.1 Å². The standard InChI is InChI=1S/C22H30N4S/c1-5-26(6-2)13-7-12-23-21-20-19(14-27-22(20)25-15-24-21)18-10-8-17(9-11-18)16(3)4/h8-11,14-16H,5-7,12-13H2,1-4H3,(H,23,24,25). The molecule has 5 heteroatoms. The summed E-state index contributed by atoms with van der Waals surface area (Å²) in [5.41, 5.74) is 3.81. The third-order valence-electron chi connectivity index (χ3n) is 5.10. The Morgan fingerprint density at radius 2 is 1.81 bits per heavy atom. The van der Waals surface area contributed by atoms with E-state index in [1.807, 2.05) is 0 Å². The van der Waals surface area contributed by atoms with Crippen LogP contribution in [0.2, 0.25) is 0 Å². The number of nitrogens with one attached hydrogen (secondary N) is 1. The van der Waals surface area contributed by atoms with Gasteiger partial charge in [0.1, 0.15) is 17.0 Å². The van der Waals surface area contributed by atoms with Crippen LogP contribution in [0.4, 0.5) is 5.82 Å². The first-order chi connectivity index (χ1) is 13.1. The summed E-state index contributed by atoms with van der Waals surface area (Å²) in [7, 11) is 0. The van der Waals surface area contributed by atoms with Gasteiger partial charge >= 0.3 is 0 Å². The maximum atomic E-state index is 4.54. The molecule has 0 fully saturated rings. The highest BCUT2D eigenvalue weighted by Gasteiger charge is 2.13. The number of aromatic nitrogens is 2. The lowest BCUT2D eigenvalue weighted by molar-refractivity contribution is 0.303. The summed E-state index contributed by atoms with van der Waals surface area (Å²) in [5, 5.41) is 6.89. The highest BCUT2D eigenvalue weighted by atomic mass is 32.1. The van der Waals surface area contributed by atoms with E-state index in [2.05, 4.69) is 77.5 Å². The van der Waals surface area contributed by atoms with Crippen LogP contribution in [-0.4, -0.2) is 41.0 Å². The van der Waals surface area contributed by atoms with Gasteiger partial charge in [0.2, 0.25) is 0 Å². The number of rotatable bonds is 9. The lowest BCUT2D eigenvalue weighted by atomic mass is 9.99. The van der Waals surface area contributed by atoms with Crippen LogP contribution >= 0.6 is 11.3 Å². The Bertz CT molecular complexity index is 850. The summed E-state index contributed by atoms with van der Waals surface area (Å²) >= 11 is 1.69. The second-order valence-corrected chi connectivity index (χ2v) is 7.99. The minimum absolute atomic E-state index is 0.546. The van der Waals surface area contributed by atoms with Crippen molar-refractivity contribution in [1.29, 1.82) is 0 Å². The van der Waals surface area contributed by atoms with Gasteiger partial charge in [-0.15, -0.1) is 11.3 Å². The molecule has 0 aliphatic heterocycles. The molecule has 0 aliphatic carbocycles. The van der Waals surface area contributed by atoms with Crippen LogP contribution in [0.5, 0.6) is 0 Å². The average Bonchev–Trinajstić information content (AvgIpc) is 3.13. The molecule has 2 heterocycles. The number of nitrogens with zero attached hydrogens (tertiary/aromatic N) is 3. The second kappa shape index (κ2) is 9.29. The van der Waals surface area contributed by atoms with Crippen molar-refractivity contribution in [3.63, 3.8) is 0 Å². The summed E-state index contributed by atoms with van der Waals surface area (Å²) < 4.78 is 0. The molecule has 2 aromatic heterocycles. The van der Waals surface area contributed by atoms with Gasteiger partial charge in [-0.2, -0.15) is 0 Å². The van der Waals surface area contributed by atoms with E-state index in [4.69, 9.17) is 0 Å². The Balaban J connectivity index is 1.80. The minimum Gasteiger partial charge on any atom is -0.369 e. The molecule has 3 aromatic rings. The molecule has 0 aliphatic rings. The summed E-state index contributed by atoms with van der Waals surface area (Å²) in [6.45, 7) is 13.1. The number of hydrogen-bond donors (Lipinski definition) is 1. The summed E-state index contributed by atoms with van der Waals surface area (Å²) in [6, 6.07) is 8.89. The van der Waals surface area contributed by atoms with E-state index >= 15 is 0 Å². The number of thiophene rings is 1. The van der Waals surface area contributed by atoms with Gasteiger partial charge in [0.05, 0.1) is 5.39 Å². The van der Waals surface area contributed by atoms with Crippen LogP contribution in [0.25, 0.3) is 21.3 Å². The van der Waals surface area contributed by atoms with Crippen LogP contribution < -0.4 is 5.32 Å². The van der Waals surface area contributed by atoms with Crippen molar-refractivity contribution in [1.82, 2.24) is 14.9 Å². The van der Waals surface area contributed by atoms with E-state index in [0.717, 1.165) is 48.6 Å². The monoisotopic (exact) mass is 382 g/mol. The van der Waals surface area contributed by atoms with Gasteiger partial charge in [-0.1, -0.05) is 52.0 Å². The lowest BCUT2D eigenvalue weighted by Crippen LogP contribution is -2.25. The van der Waals surface area contributed by atoms with Crippen molar-refractivity contribution in [2.45, 2.75) is 40.0 Å². The van der Waals surface area contributed by atoms with Crippen molar-refractivity contribution in [3.05, 3.63) is 41.5 Å². The van der Waals surface area contributed by atoms with E-state index in [-0.39, 0.29) is 0 Å². The number of anilines is 1. The maximum absolute atomic E-state index is 4.54. The number of benzene rings is 1. The molecule has 0 atom stereocenters. The highest BCUT2D eigenvalue weighted by Crippen LogP contribution is 2.36. The topological polar surface area (TPSA) is 41.0 Å². The first-order valence-corrected chi connectivity index (χ1v) is 10.8. The predicted molar refractivity (Wildman–Crippen MR) is 118 cm³/mol. The fourth-order valence-electron chi connectivity index (χ4n) is 3.32. The Morgan fingerprint density at radius 1 is 1.07 bits per heavy atom. The fourth-order valence-corrected chi connectivity index (χ4v) is 4.23. The van der Waals surface area contributed by atoms with Crippen molar-refractivity contribution < 1.29 is 0 Å². The van der Waals surface area contributed by atoms with Gasteiger partial charge in [0, 0.05) is 17.5 Å². The van der Waals surface area contributed by atoms with E-state index in [1.54, 1.807) is 17.7 Å². The summed E-state index contributed by atoms with van der Waals surface area (Å²) in [5.74, 6) is 1.49. The quantitative estimate of drug-likeness (QED) is 0.487. The molecular weight excluding hydrogens is 352 g/mol. The molecule has 144 valence electrons. The Morgan fingerprint density at radius 3 is 2.48 bits per heavy atom. The SMILES string of the molecule is CCN(CC)CCCNc1ncnc2scc(-c3ccc(C(C)C)cc3)c12. The molecule has 27 heavy (non-hydrogen) atoms. The fraction of sp³-hybridized carbons (Fsp3) is 0.455. The Kier molecular flexibility index (Phi) is 6.80. The first kappa shape index (κ1) is 19.8. The number of hydrogen-bond acceptors (Lipinski definition) is 5. The third kappa shape index (κ3) is 4.66. The molecule has 0 saturated heterocycles. The molecule has 4 nitrogen and oxygen atoms in total. The van der Waals surface area contributed by atoms with Gasteiger partial charge in [-0.25, -0.2) is 9.97 Å². The summed E-state index contributed by atoms with van der Waals surface area (Å²) in [4.78, 5) is 12.5. The van der Waals surface area contributed by atoms with Crippen LogP contribution in [0.1, 0.15) is 45.6 Å². The molecule has 0 spiro atoms. The minimum atomic E-state index is 0.546. The van der Waals surface area contributed by atoms with Gasteiger partial charge < -0.3 is 10.2 Å². The van der Waals surface area contributed by atoms with Crippen LogP contribution in [0, 0.1) is 0 Å². The number of fused-ring (bicyclic) bond motifs is 1. The summed E-state index contributed by atoms with van der Waals surface area (Å²) in [6.07, 6.45) is 2.77. The van der Waals surface area contributed by atoms with E-state index < -0.39 is 0 Å². The van der Waals surface area contributed by atoms with E-state index in [1.165, 1.54) is 16.7 Å². The van der Waals surface area contributed by atoms with E-state index in [0.29, 0.717) is 5.92 Å². The van der Waals surface area contributed by atoms with Gasteiger partial charge in [0.25, 0.3) is 0 Å².